The van der Waals surface area contributed by atoms with Crippen LogP contribution in [0.4, 0.5) is 0 Å². The van der Waals surface area contributed by atoms with Crippen LogP contribution < -0.4 is 0 Å². The third kappa shape index (κ3) is 3.75. The van der Waals surface area contributed by atoms with Crippen LogP contribution in [0.1, 0.15) is 24.0 Å². The molecule has 1 amide bonds. The monoisotopic (exact) mass is 297 g/mol. The third-order valence-corrected chi connectivity index (χ3v) is 4.41. The van der Waals surface area contributed by atoms with E-state index in [-0.39, 0.29) is 5.91 Å². The van der Waals surface area contributed by atoms with Gasteiger partial charge in [0, 0.05) is 32.0 Å². The number of nitrogens with zero attached hydrogens (tertiary/aromatic N) is 3. The summed E-state index contributed by atoms with van der Waals surface area (Å²) in [4.78, 5) is 14.4. The lowest BCUT2D eigenvalue weighted by atomic mass is 9.96. The van der Waals surface area contributed by atoms with Crippen molar-refractivity contribution < 1.29 is 4.79 Å². The van der Waals surface area contributed by atoms with Gasteiger partial charge in [0.15, 0.2) is 0 Å². The lowest BCUT2D eigenvalue weighted by Crippen LogP contribution is -2.40. The molecular weight excluding hydrogens is 274 g/mol. The van der Waals surface area contributed by atoms with Gasteiger partial charge in [0.1, 0.15) is 0 Å². The van der Waals surface area contributed by atoms with E-state index in [9.17, 15) is 4.79 Å². The molecule has 3 rings (SSSR count). The molecule has 1 aromatic heterocycles. The summed E-state index contributed by atoms with van der Waals surface area (Å²) in [5, 5.41) is 4.26. The third-order valence-electron chi connectivity index (χ3n) is 4.41. The van der Waals surface area contributed by atoms with Gasteiger partial charge in [-0.15, -0.1) is 0 Å². The maximum Gasteiger partial charge on any atom is 0.226 e. The fraction of sp³-hybridized carbons (Fsp3) is 0.444. The van der Waals surface area contributed by atoms with Crippen molar-refractivity contribution in [2.45, 2.75) is 32.7 Å². The summed E-state index contributed by atoms with van der Waals surface area (Å²) in [5.74, 6) is 0.881. The van der Waals surface area contributed by atoms with E-state index in [4.69, 9.17) is 0 Å². The Bertz CT molecular complexity index is 613. The first-order valence-electron chi connectivity index (χ1n) is 8.01. The van der Waals surface area contributed by atoms with E-state index < -0.39 is 0 Å². The number of amides is 1. The maximum absolute atomic E-state index is 12.4. The van der Waals surface area contributed by atoms with Crippen molar-refractivity contribution in [2.24, 2.45) is 5.92 Å². The van der Waals surface area contributed by atoms with Gasteiger partial charge >= 0.3 is 0 Å². The van der Waals surface area contributed by atoms with Gasteiger partial charge in [-0.1, -0.05) is 29.8 Å². The second-order valence-electron chi connectivity index (χ2n) is 6.22. The van der Waals surface area contributed by atoms with Crippen molar-refractivity contribution in [2.75, 3.05) is 13.1 Å². The first-order valence-corrected chi connectivity index (χ1v) is 8.01. The van der Waals surface area contributed by atoms with E-state index in [1.54, 1.807) is 0 Å². The Morgan fingerprint density at radius 2 is 2.09 bits per heavy atom. The quantitative estimate of drug-likeness (QED) is 0.870. The smallest absolute Gasteiger partial charge is 0.226 e. The lowest BCUT2D eigenvalue weighted by Gasteiger charge is -2.32. The van der Waals surface area contributed by atoms with E-state index in [1.807, 2.05) is 40.2 Å². The van der Waals surface area contributed by atoms with Crippen LogP contribution in [-0.2, 0) is 17.8 Å². The second-order valence-corrected chi connectivity index (χ2v) is 6.22. The molecule has 116 valence electrons. The average molecular weight is 297 g/mol. The zero-order valence-electron chi connectivity index (χ0n) is 13.1. The SMILES string of the molecule is Cc1cccc(CC(=O)N2CCC(Cn3cccn3)CC2)c1. The van der Waals surface area contributed by atoms with Crippen molar-refractivity contribution in [1.82, 2.24) is 14.7 Å². The van der Waals surface area contributed by atoms with Gasteiger partial charge in [0.25, 0.3) is 0 Å². The number of hydrogen-bond acceptors (Lipinski definition) is 2. The molecule has 0 N–H and O–H groups in total. The highest BCUT2D eigenvalue weighted by Gasteiger charge is 2.23. The number of piperidine rings is 1. The van der Waals surface area contributed by atoms with E-state index in [0.29, 0.717) is 12.3 Å². The van der Waals surface area contributed by atoms with Crippen LogP contribution in [0.25, 0.3) is 0 Å². The van der Waals surface area contributed by atoms with Gasteiger partial charge in [0.05, 0.1) is 6.42 Å². The molecule has 0 radical (unpaired) electrons. The maximum atomic E-state index is 12.4. The summed E-state index contributed by atoms with van der Waals surface area (Å²) in [6.45, 7) is 4.77. The zero-order chi connectivity index (χ0) is 15.4. The number of carbonyl (C=O) groups is 1. The summed E-state index contributed by atoms with van der Waals surface area (Å²) in [6, 6.07) is 10.2. The van der Waals surface area contributed by atoms with Crippen LogP contribution in [0.15, 0.2) is 42.7 Å². The van der Waals surface area contributed by atoms with Crippen LogP contribution in [0.5, 0.6) is 0 Å². The molecule has 22 heavy (non-hydrogen) atoms. The molecule has 4 nitrogen and oxygen atoms in total. The predicted octanol–water partition coefficient (Wildman–Crippen LogP) is 2.67. The van der Waals surface area contributed by atoms with Crippen LogP contribution in [-0.4, -0.2) is 33.7 Å². The summed E-state index contributed by atoms with van der Waals surface area (Å²) < 4.78 is 1.99. The van der Waals surface area contributed by atoms with Gasteiger partial charge in [0.2, 0.25) is 5.91 Å². The molecule has 0 atom stereocenters. The number of carbonyl (C=O) groups excluding carboxylic acids is 1. The van der Waals surface area contributed by atoms with Gasteiger partial charge < -0.3 is 4.90 Å². The zero-order valence-corrected chi connectivity index (χ0v) is 13.1. The minimum absolute atomic E-state index is 0.253. The first kappa shape index (κ1) is 14.8. The van der Waals surface area contributed by atoms with Crippen molar-refractivity contribution in [3.63, 3.8) is 0 Å². The van der Waals surface area contributed by atoms with Crippen molar-refractivity contribution in [3.8, 4) is 0 Å². The summed E-state index contributed by atoms with van der Waals surface area (Å²) in [7, 11) is 0. The topological polar surface area (TPSA) is 38.1 Å². The summed E-state index contributed by atoms with van der Waals surface area (Å²) in [6.07, 6.45) is 6.49. The van der Waals surface area contributed by atoms with Crippen LogP contribution >= 0.6 is 0 Å². The highest BCUT2D eigenvalue weighted by molar-refractivity contribution is 5.78. The number of aromatic nitrogens is 2. The predicted molar refractivity (Wildman–Crippen MR) is 86.4 cm³/mol. The standard InChI is InChI=1S/C18H23N3O/c1-15-4-2-5-17(12-15)13-18(22)20-10-6-16(7-11-20)14-21-9-3-8-19-21/h2-5,8-9,12,16H,6-7,10-11,13-14H2,1H3. The molecule has 0 aliphatic carbocycles. The molecule has 1 fully saturated rings. The van der Waals surface area contributed by atoms with Gasteiger partial charge in [-0.2, -0.15) is 5.10 Å². The van der Waals surface area contributed by atoms with E-state index in [2.05, 4.69) is 24.2 Å². The normalized spacial score (nSPS) is 16.0. The Labute approximate surface area is 131 Å². The Morgan fingerprint density at radius 3 is 2.77 bits per heavy atom. The number of hydrogen-bond donors (Lipinski definition) is 0. The lowest BCUT2D eigenvalue weighted by molar-refractivity contribution is -0.131. The Kier molecular flexibility index (Phi) is 4.56. The molecule has 2 aromatic rings. The van der Waals surface area contributed by atoms with E-state index in [1.165, 1.54) is 5.56 Å². The molecule has 0 bridgehead atoms. The van der Waals surface area contributed by atoms with Gasteiger partial charge in [-0.25, -0.2) is 0 Å². The molecule has 0 saturated carbocycles. The summed E-state index contributed by atoms with van der Waals surface area (Å²) in [5.41, 5.74) is 2.33. The van der Waals surface area contributed by atoms with Crippen molar-refractivity contribution in [1.29, 1.82) is 0 Å². The van der Waals surface area contributed by atoms with Crippen molar-refractivity contribution in [3.05, 3.63) is 53.9 Å². The fourth-order valence-corrected chi connectivity index (χ4v) is 3.15. The number of aryl methyl sites for hydroxylation is 1. The van der Waals surface area contributed by atoms with Crippen LogP contribution in [0.3, 0.4) is 0 Å². The molecular formula is C18H23N3O. The minimum atomic E-state index is 0.253. The number of likely N-dealkylation sites (tertiary alicyclic amines) is 1. The molecule has 4 heteroatoms. The van der Waals surface area contributed by atoms with Crippen molar-refractivity contribution >= 4 is 5.91 Å². The Morgan fingerprint density at radius 1 is 1.27 bits per heavy atom. The average Bonchev–Trinajstić information content (AvgIpc) is 3.01. The molecule has 0 unspecified atom stereocenters. The highest BCUT2D eigenvalue weighted by Crippen LogP contribution is 2.19. The molecule has 2 heterocycles. The largest absolute Gasteiger partial charge is 0.342 e. The van der Waals surface area contributed by atoms with Crippen LogP contribution in [0.2, 0.25) is 0 Å². The second kappa shape index (κ2) is 6.77. The van der Waals surface area contributed by atoms with Gasteiger partial charge in [-0.05, 0) is 37.3 Å². The Balaban J connectivity index is 1.49. The molecule has 1 saturated heterocycles. The minimum Gasteiger partial charge on any atom is -0.342 e. The molecule has 0 spiro atoms. The molecule has 1 aromatic carbocycles. The summed E-state index contributed by atoms with van der Waals surface area (Å²) >= 11 is 0. The number of benzene rings is 1. The van der Waals surface area contributed by atoms with Crippen LogP contribution in [0, 0.1) is 12.8 Å². The number of rotatable bonds is 4. The molecule has 1 aliphatic rings. The van der Waals surface area contributed by atoms with E-state index >= 15 is 0 Å². The fourth-order valence-electron chi connectivity index (χ4n) is 3.15. The first-order chi connectivity index (χ1) is 10.7. The van der Waals surface area contributed by atoms with Gasteiger partial charge in [-0.3, -0.25) is 9.48 Å². The Hall–Kier alpha value is -2.10. The molecule has 1 aliphatic heterocycles. The van der Waals surface area contributed by atoms with E-state index in [0.717, 1.165) is 38.0 Å². The highest BCUT2D eigenvalue weighted by atomic mass is 16.2.